The Labute approximate surface area is 113 Å². The molecule has 0 aliphatic carbocycles. The number of hydrogen-bond acceptors (Lipinski definition) is 2. The maximum atomic E-state index is 9.26. The lowest BCUT2D eigenvalue weighted by atomic mass is 10.1. The second-order valence-corrected chi connectivity index (χ2v) is 4.88. The van der Waals surface area contributed by atoms with Crippen LogP contribution in [0.15, 0.2) is 18.2 Å². The van der Waals surface area contributed by atoms with E-state index in [4.69, 9.17) is 23.2 Å². The van der Waals surface area contributed by atoms with Gasteiger partial charge in [-0.1, -0.05) is 42.6 Å². The van der Waals surface area contributed by atoms with Gasteiger partial charge < -0.3 is 0 Å². The van der Waals surface area contributed by atoms with Gasteiger partial charge in [0.05, 0.1) is 6.07 Å². The molecule has 0 bridgehead atoms. The van der Waals surface area contributed by atoms with Gasteiger partial charge in [0.25, 0.3) is 0 Å². The minimum absolute atomic E-state index is 0.314. The smallest absolute Gasteiger partial charge is 0.125 e. The molecule has 1 aromatic rings. The van der Waals surface area contributed by atoms with Crippen LogP contribution in [0.5, 0.6) is 0 Å². The third kappa shape index (κ3) is 3.89. The first-order valence-corrected chi connectivity index (χ1v) is 6.40. The summed E-state index contributed by atoms with van der Waals surface area (Å²) in [4.78, 5) is 2.01. The summed E-state index contributed by atoms with van der Waals surface area (Å²) in [7, 11) is 1.94. The second kappa shape index (κ2) is 6.86. The van der Waals surface area contributed by atoms with Gasteiger partial charge in [-0.25, -0.2) is 0 Å². The van der Waals surface area contributed by atoms with Crippen LogP contribution in [0.4, 0.5) is 0 Å². The molecule has 0 heterocycles. The maximum Gasteiger partial charge on any atom is 0.125 e. The van der Waals surface area contributed by atoms with E-state index in [1.807, 2.05) is 18.0 Å². The van der Waals surface area contributed by atoms with E-state index in [2.05, 4.69) is 13.0 Å². The molecule has 0 saturated heterocycles. The van der Waals surface area contributed by atoms with E-state index in [-0.39, 0.29) is 6.04 Å². The van der Waals surface area contributed by atoms with Crippen molar-refractivity contribution < 1.29 is 0 Å². The largest absolute Gasteiger partial charge is 0.287 e. The maximum absolute atomic E-state index is 9.26. The molecule has 4 heteroatoms. The van der Waals surface area contributed by atoms with Crippen LogP contribution in [-0.4, -0.2) is 18.5 Å². The normalized spacial score (nSPS) is 12.5. The van der Waals surface area contributed by atoms with E-state index < -0.39 is 0 Å². The van der Waals surface area contributed by atoms with Gasteiger partial charge >= 0.3 is 0 Å². The number of unbranched alkanes of at least 4 members (excludes halogenated alkanes) is 1. The molecule has 1 atom stereocenters. The average molecular weight is 271 g/mol. The van der Waals surface area contributed by atoms with Crippen molar-refractivity contribution in [3.8, 4) is 6.07 Å². The molecule has 92 valence electrons. The molecule has 0 fully saturated rings. The van der Waals surface area contributed by atoms with Gasteiger partial charge in [-0.3, -0.25) is 4.90 Å². The number of rotatable bonds is 5. The number of hydrogen-bond donors (Lipinski definition) is 0. The first-order valence-electron chi connectivity index (χ1n) is 5.65. The predicted octanol–water partition coefficient (Wildman–Crippen LogP) is 4.29. The van der Waals surface area contributed by atoms with E-state index in [9.17, 15) is 5.26 Å². The summed E-state index contributed by atoms with van der Waals surface area (Å²) in [6.45, 7) is 3.01. The van der Waals surface area contributed by atoms with Crippen molar-refractivity contribution >= 4 is 23.2 Å². The van der Waals surface area contributed by atoms with Gasteiger partial charge in [0.2, 0.25) is 0 Å². The Morgan fingerprint density at radius 2 is 2.12 bits per heavy atom. The van der Waals surface area contributed by atoms with Crippen molar-refractivity contribution in [3.63, 3.8) is 0 Å². The van der Waals surface area contributed by atoms with Crippen molar-refractivity contribution in [3.05, 3.63) is 33.8 Å². The van der Waals surface area contributed by atoms with E-state index in [0.717, 1.165) is 24.9 Å². The van der Waals surface area contributed by atoms with Crippen molar-refractivity contribution in [2.45, 2.75) is 25.8 Å². The van der Waals surface area contributed by atoms with Crippen LogP contribution in [0.2, 0.25) is 10.0 Å². The van der Waals surface area contributed by atoms with Crippen LogP contribution in [0.3, 0.4) is 0 Å². The third-order valence-electron chi connectivity index (χ3n) is 2.68. The Morgan fingerprint density at radius 1 is 1.41 bits per heavy atom. The lowest BCUT2D eigenvalue weighted by Crippen LogP contribution is -2.24. The van der Waals surface area contributed by atoms with E-state index in [1.165, 1.54) is 0 Å². The number of benzene rings is 1. The monoisotopic (exact) mass is 270 g/mol. The number of nitrogens with zero attached hydrogens (tertiary/aromatic N) is 2. The molecule has 2 nitrogen and oxygen atoms in total. The van der Waals surface area contributed by atoms with Gasteiger partial charge in [-0.2, -0.15) is 5.26 Å². The molecule has 1 rings (SSSR count). The van der Waals surface area contributed by atoms with Crippen molar-refractivity contribution in [2.75, 3.05) is 13.6 Å². The molecule has 17 heavy (non-hydrogen) atoms. The molecule has 0 aliphatic rings. The predicted molar refractivity (Wildman–Crippen MR) is 72.4 cm³/mol. The fraction of sp³-hybridized carbons (Fsp3) is 0.462. The zero-order valence-electron chi connectivity index (χ0n) is 10.1. The lowest BCUT2D eigenvalue weighted by Gasteiger charge is -2.23. The van der Waals surface area contributed by atoms with E-state index in [0.29, 0.717) is 10.0 Å². The molecule has 0 spiro atoms. The quantitative estimate of drug-likeness (QED) is 0.798. The molecule has 0 aliphatic heterocycles. The molecule has 1 aromatic carbocycles. The van der Waals surface area contributed by atoms with Gasteiger partial charge in [0.15, 0.2) is 0 Å². The second-order valence-electron chi connectivity index (χ2n) is 4.03. The highest BCUT2D eigenvalue weighted by molar-refractivity contribution is 6.35. The van der Waals surface area contributed by atoms with Crippen LogP contribution in [0.1, 0.15) is 31.4 Å². The molecule has 0 N–H and O–H groups in total. The van der Waals surface area contributed by atoms with Crippen LogP contribution in [0, 0.1) is 11.3 Å². The minimum Gasteiger partial charge on any atom is -0.287 e. The molecule has 0 radical (unpaired) electrons. The third-order valence-corrected chi connectivity index (χ3v) is 3.25. The fourth-order valence-corrected chi connectivity index (χ4v) is 2.18. The zero-order chi connectivity index (χ0) is 12.8. The highest BCUT2D eigenvalue weighted by Gasteiger charge is 2.18. The Bertz CT molecular complexity index is 412. The Morgan fingerprint density at radius 3 is 2.65 bits per heavy atom. The Hall–Kier alpha value is -0.750. The van der Waals surface area contributed by atoms with Gasteiger partial charge in [0, 0.05) is 15.6 Å². The zero-order valence-corrected chi connectivity index (χ0v) is 11.6. The molecule has 0 saturated carbocycles. The summed E-state index contributed by atoms with van der Waals surface area (Å²) >= 11 is 12.0. The lowest BCUT2D eigenvalue weighted by molar-refractivity contribution is 0.287. The van der Waals surface area contributed by atoms with Crippen LogP contribution < -0.4 is 0 Å². The first kappa shape index (κ1) is 14.3. The number of halogens is 2. The average Bonchev–Trinajstić information content (AvgIpc) is 2.30. The summed E-state index contributed by atoms with van der Waals surface area (Å²) in [5, 5.41) is 10.4. The fourth-order valence-electron chi connectivity index (χ4n) is 1.67. The topological polar surface area (TPSA) is 27.0 Å². The standard InChI is InChI=1S/C13H16Cl2N2/c1-3-4-7-17(2)13(9-16)11-6-5-10(14)8-12(11)15/h5-6,8,13H,3-4,7H2,1-2H3. The molecule has 1 unspecified atom stereocenters. The molecule has 0 aromatic heterocycles. The minimum atomic E-state index is -0.314. The summed E-state index contributed by atoms with van der Waals surface area (Å²) in [6.07, 6.45) is 2.18. The van der Waals surface area contributed by atoms with E-state index in [1.54, 1.807) is 12.1 Å². The van der Waals surface area contributed by atoms with Gasteiger partial charge in [-0.05, 0) is 32.1 Å². The van der Waals surface area contributed by atoms with Crippen molar-refractivity contribution in [2.24, 2.45) is 0 Å². The SMILES string of the molecule is CCCCN(C)C(C#N)c1ccc(Cl)cc1Cl. The Kier molecular flexibility index (Phi) is 5.77. The highest BCUT2D eigenvalue weighted by atomic mass is 35.5. The molecule has 0 amide bonds. The van der Waals surface area contributed by atoms with Crippen LogP contribution in [0.25, 0.3) is 0 Å². The molecular weight excluding hydrogens is 255 g/mol. The van der Waals surface area contributed by atoms with Crippen molar-refractivity contribution in [1.82, 2.24) is 4.90 Å². The van der Waals surface area contributed by atoms with Crippen LogP contribution in [-0.2, 0) is 0 Å². The Balaban J connectivity index is 2.90. The van der Waals surface area contributed by atoms with Crippen molar-refractivity contribution in [1.29, 1.82) is 5.26 Å². The summed E-state index contributed by atoms with van der Waals surface area (Å²) in [6, 6.07) is 7.23. The highest BCUT2D eigenvalue weighted by Crippen LogP contribution is 2.29. The van der Waals surface area contributed by atoms with Gasteiger partial charge in [0.1, 0.15) is 6.04 Å². The summed E-state index contributed by atoms with van der Waals surface area (Å²) in [5.41, 5.74) is 0.817. The van der Waals surface area contributed by atoms with E-state index >= 15 is 0 Å². The summed E-state index contributed by atoms with van der Waals surface area (Å²) < 4.78 is 0. The molecular formula is C13H16Cl2N2. The first-order chi connectivity index (χ1) is 8.10. The van der Waals surface area contributed by atoms with Crippen LogP contribution >= 0.6 is 23.2 Å². The summed E-state index contributed by atoms with van der Waals surface area (Å²) in [5.74, 6) is 0. The van der Waals surface area contributed by atoms with Gasteiger partial charge in [-0.15, -0.1) is 0 Å². The number of nitriles is 1.